The summed E-state index contributed by atoms with van der Waals surface area (Å²) in [7, 11) is 1.85. The first-order valence-corrected chi connectivity index (χ1v) is 8.71. The fourth-order valence-electron chi connectivity index (χ4n) is 2.94. The zero-order valence-electron chi connectivity index (χ0n) is 15.2. The number of aromatic nitrogens is 3. The molecular formula is C21H18N6O. The van der Waals surface area contributed by atoms with Gasteiger partial charge in [0.25, 0.3) is 5.91 Å². The van der Waals surface area contributed by atoms with Crippen LogP contribution in [-0.2, 0) is 0 Å². The van der Waals surface area contributed by atoms with Crippen LogP contribution in [0.1, 0.15) is 10.4 Å². The summed E-state index contributed by atoms with van der Waals surface area (Å²) in [5.74, 6) is 0.608. The summed E-state index contributed by atoms with van der Waals surface area (Å²) in [4.78, 5) is 25.3. The Hall–Kier alpha value is -4.00. The number of primary amides is 1. The second kappa shape index (κ2) is 7.32. The van der Waals surface area contributed by atoms with Gasteiger partial charge in [0.2, 0.25) is 0 Å². The van der Waals surface area contributed by atoms with Crippen LogP contribution in [0.2, 0.25) is 0 Å². The van der Waals surface area contributed by atoms with Gasteiger partial charge in [0.05, 0.1) is 16.8 Å². The maximum atomic E-state index is 11.8. The van der Waals surface area contributed by atoms with E-state index in [0.717, 1.165) is 22.2 Å². The molecule has 28 heavy (non-hydrogen) atoms. The summed E-state index contributed by atoms with van der Waals surface area (Å²) in [5.41, 5.74) is 8.99. The number of hydrogen-bond donors (Lipinski definition) is 3. The Morgan fingerprint density at radius 2 is 1.89 bits per heavy atom. The molecule has 7 nitrogen and oxygen atoms in total. The quantitative estimate of drug-likeness (QED) is 0.496. The number of pyridine rings is 1. The van der Waals surface area contributed by atoms with Gasteiger partial charge in [-0.25, -0.2) is 9.97 Å². The number of nitrogens with two attached hydrogens (primary N) is 1. The van der Waals surface area contributed by atoms with Gasteiger partial charge >= 0.3 is 0 Å². The molecule has 2 aromatic carbocycles. The molecule has 4 N–H and O–H groups in total. The number of rotatable bonds is 5. The van der Waals surface area contributed by atoms with Crippen LogP contribution in [0.5, 0.6) is 0 Å². The van der Waals surface area contributed by atoms with Crippen molar-refractivity contribution in [2.45, 2.75) is 0 Å². The van der Waals surface area contributed by atoms with Crippen LogP contribution in [0, 0.1) is 0 Å². The molecule has 0 aliphatic heterocycles. The second-order valence-electron chi connectivity index (χ2n) is 6.15. The van der Waals surface area contributed by atoms with Gasteiger partial charge in [0.1, 0.15) is 5.82 Å². The number of carbonyl (C=O) groups is 1. The molecule has 0 aliphatic rings. The van der Waals surface area contributed by atoms with Crippen molar-refractivity contribution in [1.82, 2.24) is 15.0 Å². The lowest BCUT2D eigenvalue weighted by atomic mass is 10.1. The summed E-state index contributed by atoms with van der Waals surface area (Å²) in [6, 6.07) is 16.6. The van der Waals surface area contributed by atoms with Crippen LogP contribution in [0.25, 0.3) is 22.3 Å². The average molecular weight is 370 g/mol. The number of hydrogen-bond acceptors (Lipinski definition) is 6. The second-order valence-corrected chi connectivity index (χ2v) is 6.15. The predicted octanol–water partition coefficient (Wildman–Crippen LogP) is 3.58. The summed E-state index contributed by atoms with van der Waals surface area (Å²) in [6.07, 6.45) is 3.41. The number of nitrogens with one attached hydrogen (secondary N) is 2. The molecule has 4 rings (SSSR count). The molecule has 0 unspecified atom stereocenters. The van der Waals surface area contributed by atoms with Gasteiger partial charge < -0.3 is 16.4 Å². The molecule has 7 heteroatoms. The first-order chi connectivity index (χ1) is 13.7. The highest BCUT2D eigenvalue weighted by atomic mass is 16.1. The maximum absolute atomic E-state index is 11.8. The van der Waals surface area contributed by atoms with E-state index < -0.39 is 5.91 Å². The van der Waals surface area contributed by atoms with Gasteiger partial charge in [-0.2, -0.15) is 0 Å². The molecule has 0 radical (unpaired) electrons. The lowest BCUT2D eigenvalue weighted by molar-refractivity contribution is 0.100. The van der Waals surface area contributed by atoms with E-state index >= 15 is 0 Å². The molecule has 0 atom stereocenters. The van der Waals surface area contributed by atoms with E-state index in [1.807, 2.05) is 43.4 Å². The van der Waals surface area contributed by atoms with Crippen molar-refractivity contribution in [2.75, 3.05) is 17.7 Å². The number of fused-ring (bicyclic) bond motifs is 1. The van der Waals surface area contributed by atoms with E-state index in [2.05, 4.69) is 20.6 Å². The Morgan fingerprint density at radius 1 is 1.04 bits per heavy atom. The minimum absolute atomic E-state index is 0.391. The van der Waals surface area contributed by atoms with Crippen molar-refractivity contribution in [3.05, 3.63) is 72.6 Å². The number of amides is 1. The molecule has 138 valence electrons. The maximum Gasteiger partial charge on any atom is 0.250 e. The molecule has 0 bridgehead atoms. The summed E-state index contributed by atoms with van der Waals surface area (Å²) >= 11 is 0. The molecule has 2 heterocycles. The first kappa shape index (κ1) is 17.4. The molecular weight excluding hydrogens is 352 g/mol. The monoisotopic (exact) mass is 370 g/mol. The van der Waals surface area contributed by atoms with Crippen LogP contribution in [0.3, 0.4) is 0 Å². The van der Waals surface area contributed by atoms with Gasteiger partial charge in [-0.05, 0) is 42.5 Å². The molecule has 4 aromatic rings. The summed E-state index contributed by atoms with van der Waals surface area (Å²) in [5, 5.41) is 7.20. The van der Waals surface area contributed by atoms with Crippen molar-refractivity contribution in [2.24, 2.45) is 5.73 Å². The van der Waals surface area contributed by atoms with Gasteiger partial charge in [-0.15, -0.1) is 0 Å². The minimum Gasteiger partial charge on any atom is -0.388 e. The van der Waals surface area contributed by atoms with Crippen molar-refractivity contribution in [3.63, 3.8) is 0 Å². The number of carbonyl (C=O) groups excluding carboxylic acids is 1. The summed E-state index contributed by atoms with van der Waals surface area (Å²) < 4.78 is 0. The van der Waals surface area contributed by atoms with E-state index in [1.165, 1.54) is 0 Å². The third-order valence-corrected chi connectivity index (χ3v) is 4.35. The van der Waals surface area contributed by atoms with Crippen molar-refractivity contribution < 1.29 is 4.79 Å². The number of anilines is 3. The van der Waals surface area contributed by atoms with Crippen LogP contribution in [-0.4, -0.2) is 27.9 Å². The molecule has 0 fully saturated rings. The van der Waals surface area contributed by atoms with Crippen molar-refractivity contribution in [3.8, 4) is 11.4 Å². The van der Waals surface area contributed by atoms with Crippen LogP contribution >= 0.6 is 0 Å². The van der Waals surface area contributed by atoms with Gasteiger partial charge in [0, 0.05) is 36.1 Å². The largest absolute Gasteiger partial charge is 0.388 e. The Kier molecular flexibility index (Phi) is 4.55. The number of benzene rings is 2. The zero-order valence-corrected chi connectivity index (χ0v) is 15.2. The topological polar surface area (TPSA) is 106 Å². The SMILES string of the molecule is CNc1ccc2nc(-c3cccnc3)nc(Nc3ccccc3C(N)=O)c2c1. The highest BCUT2D eigenvalue weighted by Crippen LogP contribution is 2.30. The molecule has 0 saturated carbocycles. The van der Waals surface area contributed by atoms with Crippen LogP contribution in [0.15, 0.2) is 67.0 Å². The van der Waals surface area contributed by atoms with Crippen molar-refractivity contribution >= 4 is 34.0 Å². The molecule has 0 aliphatic carbocycles. The van der Waals surface area contributed by atoms with E-state index in [4.69, 9.17) is 10.7 Å². The van der Waals surface area contributed by atoms with Crippen molar-refractivity contribution in [1.29, 1.82) is 0 Å². The predicted molar refractivity (Wildman–Crippen MR) is 111 cm³/mol. The smallest absolute Gasteiger partial charge is 0.250 e. The zero-order chi connectivity index (χ0) is 19.5. The first-order valence-electron chi connectivity index (χ1n) is 8.71. The fourth-order valence-corrected chi connectivity index (χ4v) is 2.94. The van der Waals surface area contributed by atoms with E-state index in [-0.39, 0.29) is 0 Å². The van der Waals surface area contributed by atoms with Gasteiger partial charge in [-0.3, -0.25) is 9.78 Å². The highest BCUT2D eigenvalue weighted by molar-refractivity contribution is 6.01. The Morgan fingerprint density at radius 3 is 2.64 bits per heavy atom. The highest BCUT2D eigenvalue weighted by Gasteiger charge is 2.13. The average Bonchev–Trinajstić information content (AvgIpc) is 2.74. The molecule has 0 saturated heterocycles. The number of para-hydroxylation sites is 1. The van der Waals surface area contributed by atoms with E-state index in [1.54, 1.807) is 30.6 Å². The number of nitrogens with zero attached hydrogens (tertiary/aromatic N) is 3. The van der Waals surface area contributed by atoms with E-state index in [9.17, 15) is 4.79 Å². The minimum atomic E-state index is -0.509. The lowest BCUT2D eigenvalue weighted by Gasteiger charge is -2.14. The Bertz CT molecular complexity index is 1160. The Labute approximate surface area is 161 Å². The normalized spacial score (nSPS) is 10.6. The standard InChI is InChI=1S/C21H18N6O/c1-23-14-8-9-18-16(11-14)21(26-17-7-3-2-6-15(17)19(22)28)27-20(25-18)13-5-4-10-24-12-13/h2-12,23H,1H3,(H2,22,28)(H,25,26,27). The fraction of sp³-hybridized carbons (Fsp3) is 0.0476. The third-order valence-electron chi connectivity index (χ3n) is 4.35. The van der Waals surface area contributed by atoms with Gasteiger partial charge in [-0.1, -0.05) is 12.1 Å². The molecule has 0 spiro atoms. The third kappa shape index (κ3) is 3.33. The molecule has 1 amide bonds. The van der Waals surface area contributed by atoms with Crippen LogP contribution < -0.4 is 16.4 Å². The summed E-state index contributed by atoms with van der Waals surface area (Å²) in [6.45, 7) is 0. The van der Waals surface area contributed by atoms with Crippen LogP contribution in [0.4, 0.5) is 17.2 Å². The molecule has 2 aromatic heterocycles. The van der Waals surface area contributed by atoms with Gasteiger partial charge in [0.15, 0.2) is 5.82 Å². The Balaban J connectivity index is 1.91. The lowest BCUT2D eigenvalue weighted by Crippen LogP contribution is -2.13. The van der Waals surface area contributed by atoms with E-state index in [0.29, 0.717) is 22.9 Å².